The van der Waals surface area contributed by atoms with Gasteiger partial charge in [0.15, 0.2) is 6.10 Å². The van der Waals surface area contributed by atoms with Crippen molar-refractivity contribution in [1.82, 2.24) is 0 Å². The van der Waals surface area contributed by atoms with Gasteiger partial charge in [-0.2, -0.15) is 0 Å². The monoisotopic (exact) mass is 372 g/mol. The molecule has 26 heavy (non-hydrogen) atoms. The zero-order valence-electron chi connectivity index (χ0n) is 14.3. The summed E-state index contributed by atoms with van der Waals surface area (Å²) >= 11 is 1.55. The number of hydrogen-bond acceptors (Lipinski definition) is 5. The Bertz CT molecular complexity index is 763. The van der Waals surface area contributed by atoms with Gasteiger partial charge < -0.3 is 15.8 Å². The van der Waals surface area contributed by atoms with Crippen LogP contribution in [0.5, 0.6) is 0 Å². The molecule has 6 nitrogen and oxygen atoms in total. The lowest BCUT2D eigenvalue weighted by molar-refractivity contribution is -0.152. The third-order valence-corrected chi connectivity index (χ3v) is 4.45. The molecule has 2 aromatic rings. The SMILES string of the molecule is CC(OC(=O)CCSc1ccccc1)C(=O)Nc1ccc(C(N)=O)cc1. The third-order valence-electron chi connectivity index (χ3n) is 3.43. The fraction of sp³-hybridized carbons (Fsp3) is 0.211. The summed E-state index contributed by atoms with van der Waals surface area (Å²) in [6, 6.07) is 15.9. The molecule has 2 aromatic carbocycles. The van der Waals surface area contributed by atoms with E-state index in [-0.39, 0.29) is 6.42 Å². The van der Waals surface area contributed by atoms with Gasteiger partial charge in [0.05, 0.1) is 6.42 Å². The number of esters is 1. The normalized spacial score (nSPS) is 11.4. The summed E-state index contributed by atoms with van der Waals surface area (Å²) < 4.78 is 5.15. The average molecular weight is 372 g/mol. The number of carbonyl (C=O) groups is 3. The Kier molecular flexibility index (Phi) is 7.23. The van der Waals surface area contributed by atoms with Crippen molar-refractivity contribution in [2.24, 2.45) is 5.73 Å². The van der Waals surface area contributed by atoms with Gasteiger partial charge in [0.25, 0.3) is 5.91 Å². The summed E-state index contributed by atoms with van der Waals surface area (Å²) in [7, 11) is 0. The van der Waals surface area contributed by atoms with Crippen LogP contribution < -0.4 is 11.1 Å². The summed E-state index contributed by atoms with van der Waals surface area (Å²) in [6.45, 7) is 1.51. The van der Waals surface area contributed by atoms with Gasteiger partial charge >= 0.3 is 5.97 Å². The summed E-state index contributed by atoms with van der Waals surface area (Å²) in [5, 5.41) is 2.62. The molecule has 0 bridgehead atoms. The molecule has 0 spiro atoms. The maximum atomic E-state index is 12.1. The molecule has 3 N–H and O–H groups in total. The molecule has 0 aliphatic carbocycles. The summed E-state index contributed by atoms with van der Waals surface area (Å²) in [5.74, 6) is -0.842. The molecule has 0 aromatic heterocycles. The number of ether oxygens (including phenoxy) is 1. The van der Waals surface area contributed by atoms with Crippen molar-refractivity contribution in [3.8, 4) is 0 Å². The van der Waals surface area contributed by atoms with Crippen LogP contribution in [-0.4, -0.2) is 29.6 Å². The van der Waals surface area contributed by atoms with Gasteiger partial charge in [-0.15, -0.1) is 11.8 Å². The number of hydrogen-bond donors (Lipinski definition) is 2. The number of thioether (sulfide) groups is 1. The largest absolute Gasteiger partial charge is 0.453 e. The minimum Gasteiger partial charge on any atom is -0.453 e. The topological polar surface area (TPSA) is 98.5 Å². The second-order valence-corrected chi connectivity index (χ2v) is 6.64. The molecule has 2 rings (SSSR count). The molecule has 2 amide bonds. The summed E-state index contributed by atoms with van der Waals surface area (Å²) in [5.41, 5.74) is 5.99. The van der Waals surface area contributed by atoms with Crippen LogP contribution in [0.25, 0.3) is 0 Å². The van der Waals surface area contributed by atoms with E-state index in [1.54, 1.807) is 23.9 Å². The average Bonchev–Trinajstić information content (AvgIpc) is 2.63. The van der Waals surface area contributed by atoms with Crippen LogP contribution in [0.15, 0.2) is 59.5 Å². The van der Waals surface area contributed by atoms with E-state index in [2.05, 4.69) is 5.32 Å². The third kappa shape index (κ3) is 6.25. The Morgan fingerprint density at radius 2 is 1.73 bits per heavy atom. The Balaban J connectivity index is 1.75. The van der Waals surface area contributed by atoms with E-state index >= 15 is 0 Å². The van der Waals surface area contributed by atoms with Crippen LogP contribution in [0.2, 0.25) is 0 Å². The first kappa shape index (κ1) is 19.5. The van der Waals surface area contributed by atoms with Crippen molar-refractivity contribution in [3.63, 3.8) is 0 Å². The Labute approximate surface area is 156 Å². The maximum Gasteiger partial charge on any atom is 0.307 e. The zero-order chi connectivity index (χ0) is 18.9. The predicted octanol–water partition coefficient (Wildman–Crippen LogP) is 2.84. The molecule has 0 fully saturated rings. The van der Waals surface area contributed by atoms with E-state index in [0.717, 1.165) is 4.90 Å². The smallest absolute Gasteiger partial charge is 0.307 e. The predicted molar refractivity (Wildman–Crippen MR) is 101 cm³/mol. The standard InChI is InChI=1S/C19H20N2O4S/c1-13(19(24)21-15-9-7-14(8-10-15)18(20)23)25-17(22)11-12-26-16-5-3-2-4-6-16/h2-10,13H,11-12H2,1H3,(H2,20,23)(H,21,24). The highest BCUT2D eigenvalue weighted by atomic mass is 32.2. The van der Waals surface area contributed by atoms with Crippen molar-refractivity contribution in [2.75, 3.05) is 11.1 Å². The van der Waals surface area contributed by atoms with Gasteiger partial charge in [-0.1, -0.05) is 18.2 Å². The Morgan fingerprint density at radius 1 is 1.08 bits per heavy atom. The second-order valence-electron chi connectivity index (χ2n) is 5.47. The quantitative estimate of drug-likeness (QED) is 0.548. The molecule has 1 unspecified atom stereocenters. The van der Waals surface area contributed by atoms with Crippen LogP contribution >= 0.6 is 11.8 Å². The summed E-state index contributed by atoms with van der Waals surface area (Å²) in [4.78, 5) is 36.0. The lowest BCUT2D eigenvalue weighted by atomic mass is 10.2. The fourth-order valence-corrected chi connectivity index (χ4v) is 2.89. The molecule has 136 valence electrons. The molecular weight excluding hydrogens is 352 g/mol. The second kappa shape index (κ2) is 9.62. The number of nitrogens with two attached hydrogens (primary N) is 1. The highest BCUT2D eigenvalue weighted by Gasteiger charge is 2.18. The molecule has 0 radical (unpaired) electrons. The molecule has 0 heterocycles. The Hall–Kier alpha value is -2.80. The van der Waals surface area contributed by atoms with Crippen molar-refractivity contribution < 1.29 is 19.1 Å². The van der Waals surface area contributed by atoms with E-state index in [9.17, 15) is 14.4 Å². The number of nitrogens with one attached hydrogen (secondary N) is 1. The van der Waals surface area contributed by atoms with Gasteiger partial charge in [-0.3, -0.25) is 14.4 Å². The van der Waals surface area contributed by atoms with Gasteiger partial charge in [-0.05, 0) is 43.3 Å². The van der Waals surface area contributed by atoms with Crippen molar-refractivity contribution >= 4 is 35.2 Å². The molecule has 7 heteroatoms. The first-order valence-corrected chi connectivity index (χ1v) is 9.02. The van der Waals surface area contributed by atoms with Crippen molar-refractivity contribution in [2.45, 2.75) is 24.3 Å². The van der Waals surface area contributed by atoms with Crippen LogP contribution in [0.3, 0.4) is 0 Å². The minimum absolute atomic E-state index is 0.213. The van der Waals surface area contributed by atoms with Crippen LogP contribution in [0.4, 0.5) is 5.69 Å². The maximum absolute atomic E-state index is 12.1. The highest BCUT2D eigenvalue weighted by molar-refractivity contribution is 7.99. The van der Waals surface area contributed by atoms with E-state index < -0.39 is 23.9 Å². The number of amides is 2. The molecule has 1 atom stereocenters. The van der Waals surface area contributed by atoms with E-state index in [4.69, 9.17) is 10.5 Å². The highest BCUT2D eigenvalue weighted by Crippen LogP contribution is 2.18. The fourth-order valence-electron chi connectivity index (χ4n) is 2.04. The first-order chi connectivity index (χ1) is 12.5. The summed E-state index contributed by atoms with van der Waals surface area (Å²) in [6.07, 6.45) is -0.704. The Morgan fingerprint density at radius 3 is 2.35 bits per heavy atom. The van der Waals surface area contributed by atoms with E-state index in [1.165, 1.54) is 19.1 Å². The number of rotatable bonds is 8. The number of carbonyl (C=O) groups excluding carboxylic acids is 3. The first-order valence-electron chi connectivity index (χ1n) is 8.04. The number of primary amides is 1. The molecule has 0 aliphatic rings. The molecule has 0 aliphatic heterocycles. The van der Waals surface area contributed by atoms with Gasteiger partial charge in [0.1, 0.15) is 0 Å². The lowest BCUT2D eigenvalue weighted by Crippen LogP contribution is -2.30. The van der Waals surface area contributed by atoms with E-state index in [0.29, 0.717) is 17.0 Å². The van der Waals surface area contributed by atoms with Gasteiger partial charge in [0, 0.05) is 21.9 Å². The molecule has 0 saturated carbocycles. The van der Waals surface area contributed by atoms with Crippen molar-refractivity contribution in [1.29, 1.82) is 0 Å². The lowest BCUT2D eigenvalue weighted by Gasteiger charge is -2.13. The molecule has 0 saturated heterocycles. The van der Waals surface area contributed by atoms with Gasteiger partial charge in [0.2, 0.25) is 5.91 Å². The van der Waals surface area contributed by atoms with Gasteiger partial charge in [-0.25, -0.2) is 0 Å². The van der Waals surface area contributed by atoms with Crippen LogP contribution in [-0.2, 0) is 14.3 Å². The van der Waals surface area contributed by atoms with E-state index in [1.807, 2.05) is 30.3 Å². The number of benzene rings is 2. The molecular formula is C19H20N2O4S. The number of anilines is 1. The minimum atomic E-state index is -0.917. The van der Waals surface area contributed by atoms with Crippen LogP contribution in [0.1, 0.15) is 23.7 Å². The van der Waals surface area contributed by atoms with Crippen molar-refractivity contribution in [3.05, 3.63) is 60.2 Å². The zero-order valence-corrected chi connectivity index (χ0v) is 15.1. The van der Waals surface area contributed by atoms with Crippen LogP contribution in [0, 0.1) is 0 Å².